The van der Waals surface area contributed by atoms with Gasteiger partial charge in [0, 0.05) is 11.7 Å². The lowest BCUT2D eigenvalue weighted by atomic mass is 10.1. The largest absolute Gasteiger partial charge is 0.353 e. The van der Waals surface area contributed by atoms with Crippen LogP contribution >= 0.6 is 0 Å². The van der Waals surface area contributed by atoms with E-state index in [1.54, 1.807) is 31.2 Å². The van der Waals surface area contributed by atoms with Crippen molar-refractivity contribution in [2.24, 2.45) is 0 Å². The van der Waals surface area contributed by atoms with E-state index in [0.29, 0.717) is 17.0 Å². The van der Waals surface area contributed by atoms with Crippen LogP contribution in [0.5, 0.6) is 0 Å². The first kappa shape index (κ1) is 18.7. The molecule has 2 N–H and O–H groups in total. The number of carbonyl (C=O) groups excluding carboxylic acids is 1. The van der Waals surface area contributed by atoms with Crippen molar-refractivity contribution in [3.05, 3.63) is 65.7 Å². The molecule has 1 aromatic rings. The lowest BCUT2D eigenvalue weighted by Crippen LogP contribution is -2.34. The molecule has 1 rings (SSSR count). The summed E-state index contributed by atoms with van der Waals surface area (Å²) in [7, 11) is 0. The van der Waals surface area contributed by atoms with E-state index in [4.69, 9.17) is 0 Å². The van der Waals surface area contributed by atoms with Gasteiger partial charge in [-0.15, -0.1) is 0 Å². The fourth-order valence-corrected chi connectivity index (χ4v) is 1.97. The summed E-state index contributed by atoms with van der Waals surface area (Å²) in [6.45, 7) is 11.2. The van der Waals surface area contributed by atoms with Crippen LogP contribution < -0.4 is 10.6 Å². The zero-order chi connectivity index (χ0) is 17.4. The lowest BCUT2D eigenvalue weighted by Gasteiger charge is -2.17. The molecule has 0 spiro atoms. The molecule has 0 aliphatic rings. The SMILES string of the molecule is C=C/C=C(C(=O)NC(C)CC)\C(=C/C)Nc1ccc(C)cc1F. The second-order valence-corrected chi connectivity index (χ2v) is 5.41. The molecule has 0 saturated heterocycles. The Morgan fingerprint density at radius 2 is 2.13 bits per heavy atom. The van der Waals surface area contributed by atoms with Crippen LogP contribution in [0.1, 0.15) is 32.8 Å². The van der Waals surface area contributed by atoms with Crippen LogP contribution in [0.3, 0.4) is 0 Å². The third kappa shape index (κ3) is 5.40. The highest BCUT2D eigenvalue weighted by atomic mass is 19.1. The predicted octanol–water partition coefficient (Wildman–Crippen LogP) is 4.48. The minimum absolute atomic E-state index is 0.0601. The van der Waals surface area contributed by atoms with Gasteiger partial charge in [0.25, 0.3) is 5.91 Å². The molecule has 0 fully saturated rings. The Kier molecular flexibility index (Phi) is 7.26. The summed E-state index contributed by atoms with van der Waals surface area (Å²) >= 11 is 0. The summed E-state index contributed by atoms with van der Waals surface area (Å²) in [6.07, 6.45) is 5.73. The summed E-state index contributed by atoms with van der Waals surface area (Å²) < 4.78 is 14.0. The minimum atomic E-state index is -0.357. The van der Waals surface area contributed by atoms with E-state index < -0.39 is 0 Å². The predicted molar refractivity (Wildman–Crippen MR) is 94.7 cm³/mol. The number of hydrogen-bond donors (Lipinski definition) is 2. The highest BCUT2D eigenvalue weighted by Gasteiger charge is 2.16. The fraction of sp³-hybridized carbons (Fsp3) is 0.316. The smallest absolute Gasteiger partial charge is 0.253 e. The molecule has 124 valence electrons. The van der Waals surface area contributed by atoms with Gasteiger partial charge in [-0.25, -0.2) is 4.39 Å². The van der Waals surface area contributed by atoms with Gasteiger partial charge in [0.2, 0.25) is 0 Å². The number of amides is 1. The van der Waals surface area contributed by atoms with Gasteiger partial charge in [0.1, 0.15) is 5.82 Å². The first-order valence-corrected chi connectivity index (χ1v) is 7.76. The van der Waals surface area contributed by atoms with Crippen molar-refractivity contribution >= 4 is 11.6 Å². The highest BCUT2D eigenvalue weighted by Crippen LogP contribution is 2.20. The maximum atomic E-state index is 14.0. The van der Waals surface area contributed by atoms with Gasteiger partial charge < -0.3 is 10.6 Å². The van der Waals surface area contributed by atoms with E-state index in [1.165, 1.54) is 6.07 Å². The number of benzene rings is 1. The van der Waals surface area contributed by atoms with Crippen LogP contribution in [-0.4, -0.2) is 11.9 Å². The molecule has 1 amide bonds. The number of hydrogen-bond acceptors (Lipinski definition) is 2. The topological polar surface area (TPSA) is 41.1 Å². The molecule has 3 nitrogen and oxygen atoms in total. The van der Waals surface area contributed by atoms with Crippen LogP contribution in [0.4, 0.5) is 10.1 Å². The molecule has 0 saturated carbocycles. The van der Waals surface area contributed by atoms with Crippen molar-refractivity contribution in [2.45, 2.75) is 40.2 Å². The Labute approximate surface area is 138 Å². The Morgan fingerprint density at radius 1 is 1.43 bits per heavy atom. The van der Waals surface area contributed by atoms with Crippen LogP contribution in [0.15, 0.2) is 54.3 Å². The van der Waals surface area contributed by atoms with E-state index in [9.17, 15) is 9.18 Å². The molecule has 0 aliphatic carbocycles. The van der Waals surface area contributed by atoms with Gasteiger partial charge >= 0.3 is 0 Å². The van der Waals surface area contributed by atoms with Gasteiger partial charge in [-0.2, -0.15) is 0 Å². The molecule has 1 aromatic carbocycles. The third-order valence-corrected chi connectivity index (χ3v) is 3.49. The summed E-state index contributed by atoms with van der Waals surface area (Å²) in [4.78, 5) is 12.4. The molecule has 0 heterocycles. The lowest BCUT2D eigenvalue weighted by molar-refractivity contribution is -0.117. The normalized spacial score (nSPS) is 13.4. The average Bonchev–Trinajstić information content (AvgIpc) is 2.52. The van der Waals surface area contributed by atoms with E-state index in [0.717, 1.165) is 12.0 Å². The average molecular weight is 316 g/mol. The molecule has 23 heavy (non-hydrogen) atoms. The van der Waals surface area contributed by atoms with E-state index in [-0.39, 0.29) is 17.8 Å². The molecule has 0 bridgehead atoms. The number of allylic oxidation sites excluding steroid dienone is 3. The van der Waals surface area contributed by atoms with Crippen LogP contribution in [0.25, 0.3) is 0 Å². The first-order chi connectivity index (χ1) is 10.9. The molecule has 0 aromatic heterocycles. The van der Waals surface area contributed by atoms with Crippen molar-refractivity contribution in [2.75, 3.05) is 5.32 Å². The van der Waals surface area contributed by atoms with Crippen molar-refractivity contribution < 1.29 is 9.18 Å². The monoisotopic (exact) mass is 316 g/mol. The number of nitrogens with one attached hydrogen (secondary N) is 2. The van der Waals surface area contributed by atoms with Crippen LogP contribution in [0, 0.1) is 12.7 Å². The number of rotatable bonds is 7. The number of carbonyl (C=O) groups is 1. The van der Waals surface area contributed by atoms with Crippen LogP contribution in [-0.2, 0) is 4.79 Å². The van der Waals surface area contributed by atoms with Gasteiger partial charge in [-0.3, -0.25) is 4.79 Å². The standard InChI is InChI=1S/C19H25FN2O/c1-6-9-15(19(23)21-14(5)7-2)17(8-3)22-18-11-10-13(4)12-16(18)20/h6,8-12,14,22H,1,7H2,2-5H3,(H,21,23)/b15-9+,17-8+. The fourth-order valence-electron chi connectivity index (χ4n) is 1.97. The molecule has 1 unspecified atom stereocenters. The number of halogens is 1. The second kappa shape index (κ2) is 8.93. The summed E-state index contributed by atoms with van der Waals surface area (Å²) in [5.41, 5.74) is 2.12. The van der Waals surface area contributed by atoms with Gasteiger partial charge in [0.05, 0.1) is 11.3 Å². The quantitative estimate of drug-likeness (QED) is 0.575. The highest BCUT2D eigenvalue weighted by molar-refractivity contribution is 5.99. The minimum Gasteiger partial charge on any atom is -0.353 e. The summed E-state index contributed by atoms with van der Waals surface area (Å²) in [5.74, 6) is -0.572. The van der Waals surface area contributed by atoms with E-state index in [2.05, 4.69) is 17.2 Å². The van der Waals surface area contributed by atoms with Crippen molar-refractivity contribution in [1.82, 2.24) is 5.32 Å². The Bertz CT molecular complexity index is 632. The van der Waals surface area contributed by atoms with E-state index >= 15 is 0 Å². The Morgan fingerprint density at radius 3 is 2.65 bits per heavy atom. The maximum absolute atomic E-state index is 14.0. The number of aryl methyl sites for hydroxylation is 1. The van der Waals surface area contributed by atoms with Gasteiger partial charge in [-0.05, 0) is 51.0 Å². The second-order valence-electron chi connectivity index (χ2n) is 5.41. The maximum Gasteiger partial charge on any atom is 0.253 e. The first-order valence-electron chi connectivity index (χ1n) is 7.76. The molecular formula is C19H25FN2O. The summed E-state index contributed by atoms with van der Waals surface area (Å²) in [5, 5.41) is 5.90. The molecule has 4 heteroatoms. The Hall–Kier alpha value is -2.36. The molecule has 0 aliphatic heterocycles. The van der Waals surface area contributed by atoms with Gasteiger partial charge in [0.15, 0.2) is 0 Å². The van der Waals surface area contributed by atoms with Crippen molar-refractivity contribution in [3.8, 4) is 0 Å². The molecular weight excluding hydrogens is 291 g/mol. The Balaban J connectivity index is 3.06. The van der Waals surface area contributed by atoms with E-state index in [1.807, 2.05) is 26.8 Å². The number of anilines is 1. The zero-order valence-electron chi connectivity index (χ0n) is 14.2. The van der Waals surface area contributed by atoms with Crippen LogP contribution in [0.2, 0.25) is 0 Å². The van der Waals surface area contributed by atoms with Crippen molar-refractivity contribution in [3.63, 3.8) is 0 Å². The molecule has 0 radical (unpaired) electrons. The van der Waals surface area contributed by atoms with Crippen molar-refractivity contribution in [1.29, 1.82) is 0 Å². The zero-order valence-corrected chi connectivity index (χ0v) is 14.2. The summed E-state index contributed by atoms with van der Waals surface area (Å²) in [6, 6.07) is 4.98. The van der Waals surface area contributed by atoms with Gasteiger partial charge in [-0.1, -0.05) is 31.7 Å². The third-order valence-electron chi connectivity index (χ3n) is 3.49. The molecule has 1 atom stereocenters.